The van der Waals surface area contributed by atoms with Gasteiger partial charge < -0.3 is 0 Å². The predicted octanol–water partition coefficient (Wildman–Crippen LogP) is 3.44. The van der Waals surface area contributed by atoms with Gasteiger partial charge in [-0.05, 0) is 0 Å². The van der Waals surface area contributed by atoms with Crippen LogP contribution in [0, 0.1) is 0 Å². The fourth-order valence-electron chi connectivity index (χ4n) is 2.83. The van der Waals surface area contributed by atoms with Gasteiger partial charge in [-0.2, -0.15) is 0 Å². The Hall–Kier alpha value is -0.0900. The molecule has 0 nitrogen and oxygen atoms in total. The van der Waals surface area contributed by atoms with Crippen molar-refractivity contribution in [3.63, 3.8) is 0 Å². The summed E-state index contributed by atoms with van der Waals surface area (Å²) >= 11 is 0. The Kier molecular flexibility index (Phi) is 1.58. The molecular weight excluding hydrogens is 163 g/mol. The Morgan fingerprint density at radius 2 is 2.42 bits per heavy atom. The van der Waals surface area contributed by atoms with Gasteiger partial charge in [0.05, 0.1) is 0 Å². The first-order valence-electron chi connectivity index (χ1n) is 4.86. The van der Waals surface area contributed by atoms with Crippen LogP contribution in [-0.2, 0) is 0 Å². The van der Waals surface area contributed by atoms with E-state index in [2.05, 4.69) is 31.8 Å². The van der Waals surface area contributed by atoms with Crippen molar-refractivity contribution in [1.82, 2.24) is 0 Å². The topological polar surface area (TPSA) is 0 Å². The maximum absolute atomic E-state index is 3.81. The molecule has 2 aliphatic rings. The fraction of sp³-hybridized carbons (Fsp3) is 0.636. The minimum atomic E-state index is -1.24. The molecule has 2 aliphatic heterocycles. The molecule has 1 unspecified atom stereocenters. The van der Waals surface area contributed by atoms with Crippen molar-refractivity contribution in [2.24, 2.45) is 0 Å². The van der Waals surface area contributed by atoms with Crippen molar-refractivity contribution in [2.45, 2.75) is 24.9 Å². The normalized spacial score (nSPS) is 38.3. The maximum atomic E-state index is 3.81. The van der Waals surface area contributed by atoms with Gasteiger partial charge >= 0.3 is 75.1 Å². The van der Waals surface area contributed by atoms with E-state index in [1.54, 1.807) is 5.57 Å². The van der Waals surface area contributed by atoms with Crippen molar-refractivity contribution in [3.8, 4) is 0 Å². The van der Waals surface area contributed by atoms with Crippen molar-refractivity contribution in [3.05, 3.63) is 24.0 Å². The van der Waals surface area contributed by atoms with Crippen molar-refractivity contribution in [2.75, 3.05) is 19.5 Å². The molecule has 0 aromatic rings. The van der Waals surface area contributed by atoms with Gasteiger partial charge in [0.25, 0.3) is 0 Å². The zero-order valence-corrected chi connectivity index (χ0v) is 9.11. The van der Waals surface area contributed by atoms with Crippen LogP contribution in [0.2, 0.25) is 0 Å². The molecule has 68 valence electrons. The van der Waals surface area contributed by atoms with E-state index in [1.165, 1.54) is 19.0 Å². The van der Waals surface area contributed by atoms with Crippen LogP contribution in [0.15, 0.2) is 24.0 Å². The van der Waals surface area contributed by atoms with Gasteiger partial charge in [-0.15, -0.1) is 0 Å². The summed E-state index contributed by atoms with van der Waals surface area (Å²) in [7, 11) is 0. The number of hydrogen-bond acceptors (Lipinski definition) is 0. The summed E-state index contributed by atoms with van der Waals surface area (Å²) in [6.45, 7) is 7.68. The van der Waals surface area contributed by atoms with Crippen LogP contribution in [0.4, 0.5) is 0 Å². The van der Waals surface area contributed by atoms with E-state index in [9.17, 15) is 0 Å². The van der Waals surface area contributed by atoms with Crippen LogP contribution in [0.1, 0.15) is 19.3 Å². The van der Waals surface area contributed by atoms with Gasteiger partial charge in [0.2, 0.25) is 0 Å². The fourth-order valence-corrected chi connectivity index (χ4v) is 7.36. The molecule has 1 heteroatoms. The molecule has 0 radical (unpaired) electrons. The third kappa shape index (κ3) is 1.01. The first-order valence-corrected chi connectivity index (χ1v) is 8.31. The van der Waals surface area contributed by atoms with Crippen LogP contribution >= 0.6 is 6.60 Å². The van der Waals surface area contributed by atoms with Crippen LogP contribution in [0.25, 0.3) is 0 Å². The van der Waals surface area contributed by atoms with Gasteiger partial charge in [0.15, 0.2) is 0 Å². The minimum absolute atomic E-state index is 1.06. The average Bonchev–Trinajstić information content (AvgIpc) is 2.12. The Bertz CT molecular complexity index is 260. The van der Waals surface area contributed by atoms with Crippen molar-refractivity contribution >= 4 is 6.60 Å². The molecule has 0 aromatic heterocycles. The Morgan fingerprint density at radius 1 is 1.67 bits per heavy atom. The summed E-state index contributed by atoms with van der Waals surface area (Å²) in [6, 6.07) is 0. The quantitative estimate of drug-likeness (QED) is 0.453. The molecule has 0 amide bonds. The van der Waals surface area contributed by atoms with Gasteiger partial charge in [0.1, 0.15) is 0 Å². The number of allylic oxidation sites excluding steroid dienone is 2. The van der Waals surface area contributed by atoms with E-state index in [-0.39, 0.29) is 0 Å². The standard InChI is InChI=1S/C11H19P/c1-4-5-10-8-11-6-7-12(11,2,3)9-10/h4,9,11H,1,5-8H2,2-3H3. The molecule has 1 fully saturated rings. The molecule has 2 heterocycles. The van der Waals surface area contributed by atoms with Gasteiger partial charge in [-0.3, -0.25) is 0 Å². The Morgan fingerprint density at radius 3 is 2.75 bits per heavy atom. The summed E-state index contributed by atoms with van der Waals surface area (Å²) in [4.78, 5) is 0. The summed E-state index contributed by atoms with van der Waals surface area (Å²) in [5, 5.41) is 0. The summed E-state index contributed by atoms with van der Waals surface area (Å²) in [6.07, 6.45) is 7.57. The van der Waals surface area contributed by atoms with Crippen LogP contribution in [0.3, 0.4) is 0 Å². The van der Waals surface area contributed by atoms with E-state index >= 15 is 0 Å². The molecule has 1 atom stereocenters. The van der Waals surface area contributed by atoms with E-state index < -0.39 is 6.60 Å². The monoisotopic (exact) mass is 182 g/mol. The molecular formula is C11H19P. The van der Waals surface area contributed by atoms with E-state index in [4.69, 9.17) is 0 Å². The van der Waals surface area contributed by atoms with Gasteiger partial charge in [-0.25, -0.2) is 0 Å². The Labute approximate surface area is 75.7 Å². The second kappa shape index (κ2) is 2.23. The second-order valence-electron chi connectivity index (χ2n) is 5.28. The first kappa shape index (κ1) is 8.51. The molecule has 0 N–H and O–H groups in total. The average molecular weight is 182 g/mol. The zero-order chi connectivity index (χ0) is 8.84. The van der Waals surface area contributed by atoms with Gasteiger partial charge in [0, 0.05) is 0 Å². The first-order chi connectivity index (χ1) is 5.53. The molecule has 1 saturated heterocycles. The summed E-state index contributed by atoms with van der Waals surface area (Å²) in [5.74, 6) is 2.65. The third-order valence-electron chi connectivity index (χ3n) is 3.88. The third-order valence-corrected chi connectivity index (χ3v) is 9.60. The van der Waals surface area contributed by atoms with Crippen LogP contribution in [-0.4, -0.2) is 25.2 Å². The van der Waals surface area contributed by atoms with E-state index in [0.29, 0.717) is 0 Å². The molecule has 0 saturated carbocycles. The molecule has 0 bridgehead atoms. The second-order valence-corrected chi connectivity index (χ2v) is 12.0. The number of rotatable bonds is 2. The summed E-state index contributed by atoms with van der Waals surface area (Å²) in [5.41, 5.74) is 2.74. The van der Waals surface area contributed by atoms with E-state index in [1.807, 2.05) is 0 Å². The predicted molar refractivity (Wildman–Crippen MR) is 59.6 cm³/mol. The van der Waals surface area contributed by atoms with Crippen molar-refractivity contribution < 1.29 is 0 Å². The molecule has 0 spiro atoms. The number of hydrogen-bond donors (Lipinski definition) is 0. The molecule has 0 aromatic carbocycles. The Balaban J connectivity index is 2.23. The van der Waals surface area contributed by atoms with E-state index in [0.717, 1.165) is 12.1 Å². The van der Waals surface area contributed by atoms with Gasteiger partial charge in [-0.1, -0.05) is 0 Å². The molecule has 12 heavy (non-hydrogen) atoms. The number of fused-ring (bicyclic) bond motifs is 1. The SMILES string of the molecule is C=CCC1=CP2(C)(C)CCC2C1. The molecule has 2 rings (SSSR count). The summed E-state index contributed by atoms with van der Waals surface area (Å²) < 4.78 is 0. The zero-order valence-electron chi connectivity index (χ0n) is 8.21. The van der Waals surface area contributed by atoms with Crippen LogP contribution < -0.4 is 0 Å². The van der Waals surface area contributed by atoms with Crippen molar-refractivity contribution in [1.29, 1.82) is 0 Å². The molecule has 0 aliphatic carbocycles. The van der Waals surface area contributed by atoms with Crippen LogP contribution in [0.5, 0.6) is 0 Å².